The molecule has 1 aliphatic heterocycles. The van der Waals surface area contributed by atoms with Gasteiger partial charge in [0.1, 0.15) is 11.4 Å². The second kappa shape index (κ2) is 6.03. The molecule has 24 heavy (non-hydrogen) atoms. The molecule has 0 saturated carbocycles. The summed E-state index contributed by atoms with van der Waals surface area (Å²) in [5.74, 6) is -0.873. The predicted molar refractivity (Wildman–Crippen MR) is 89.4 cm³/mol. The van der Waals surface area contributed by atoms with Crippen molar-refractivity contribution < 1.29 is 14.6 Å². The summed E-state index contributed by atoms with van der Waals surface area (Å²) in [6.07, 6.45) is 0. The molecule has 3 rings (SSSR count). The quantitative estimate of drug-likeness (QED) is 0.876. The molecule has 3 heterocycles. The summed E-state index contributed by atoms with van der Waals surface area (Å²) in [5, 5.41) is 14.7. The minimum atomic E-state index is -0.801. The van der Waals surface area contributed by atoms with Crippen molar-refractivity contribution in [1.29, 1.82) is 0 Å². The van der Waals surface area contributed by atoms with E-state index >= 15 is 0 Å². The molecule has 2 N–H and O–H groups in total. The Kier molecular flexibility index (Phi) is 4.18. The molecule has 0 unspecified atom stereocenters. The molecule has 0 fully saturated rings. The van der Waals surface area contributed by atoms with Gasteiger partial charge in [-0.3, -0.25) is 14.2 Å². The van der Waals surface area contributed by atoms with Gasteiger partial charge in [-0.05, 0) is 37.8 Å². The molecule has 0 aromatic carbocycles. The minimum absolute atomic E-state index is 0.267. The fourth-order valence-corrected chi connectivity index (χ4v) is 3.39. The lowest BCUT2D eigenvalue weighted by Gasteiger charge is -2.32. The van der Waals surface area contributed by atoms with Crippen LogP contribution in [0.2, 0.25) is 0 Å². The van der Waals surface area contributed by atoms with Gasteiger partial charge < -0.3 is 15.2 Å². The van der Waals surface area contributed by atoms with E-state index in [1.807, 2.05) is 18.4 Å². The molecule has 0 spiro atoms. The van der Waals surface area contributed by atoms with E-state index in [1.54, 1.807) is 25.2 Å². The smallest absolute Gasteiger partial charge is 0.296 e. The number of ether oxygens (including phenoxy) is 1. The van der Waals surface area contributed by atoms with Crippen LogP contribution in [0, 0.1) is 6.92 Å². The highest BCUT2D eigenvalue weighted by Gasteiger charge is 2.34. The fraction of sp³-hybridized carbons (Fsp3) is 0.438. The number of rotatable bonds is 3. The Hall–Kier alpha value is -2.19. The van der Waals surface area contributed by atoms with E-state index in [1.165, 1.54) is 4.57 Å². The molecule has 7 nitrogen and oxygen atoms in total. The largest absolute Gasteiger partial charge is 0.501 e. The molecule has 8 heteroatoms. The molecule has 2 aromatic rings. The first kappa shape index (κ1) is 16.7. The number of carbonyl (C=O) groups is 1. The number of carbonyl (C=O) groups excluding carboxylic acids is 1. The first-order valence-corrected chi connectivity index (χ1v) is 8.48. The Morgan fingerprint density at radius 2 is 2.29 bits per heavy atom. The van der Waals surface area contributed by atoms with E-state index in [0.29, 0.717) is 25.5 Å². The lowest BCUT2D eigenvalue weighted by atomic mass is 10.1. The maximum Gasteiger partial charge on any atom is 0.296 e. The van der Waals surface area contributed by atoms with Crippen molar-refractivity contribution in [2.24, 2.45) is 0 Å². The molecule has 0 aliphatic carbocycles. The number of aryl methyl sites for hydroxylation is 1. The first-order chi connectivity index (χ1) is 11.3. The molecule has 0 saturated heterocycles. The van der Waals surface area contributed by atoms with E-state index in [2.05, 4.69) is 10.3 Å². The average Bonchev–Trinajstić information content (AvgIpc) is 2.94. The molecular weight excluding hydrogens is 330 g/mol. The molecule has 0 bridgehead atoms. The van der Waals surface area contributed by atoms with Crippen molar-refractivity contribution >= 4 is 17.2 Å². The highest BCUT2D eigenvalue weighted by atomic mass is 32.1. The number of thiophene rings is 1. The van der Waals surface area contributed by atoms with Crippen LogP contribution in [0.4, 0.5) is 0 Å². The Labute approximate surface area is 142 Å². The normalized spacial score (nSPS) is 15.8. The maximum absolute atomic E-state index is 12.4. The monoisotopic (exact) mass is 349 g/mol. The number of nitrogens with one attached hydrogen (secondary N) is 1. The van der Waals surface area contributed by atoms with Crippen molar-refractivity contribution in [1.82, 2.24) is 14.9 Å². The zero-order chi connectivity index (χ0) is 17.5. The van der Waals surface area contributed by atoms with Gasteiger partial charge in [-0.2, -0.15) is 0 Å². The number of fused-ring (bicyclic) bond motifs is 1. The Balaban J connectivity index is 1.91. The summed E-state index contributed by atoms with van der Waals surface area (Å²) < 4.78 is 6.98. The van der Waals surface area contributed by atoms with Gasteiger partial charge in [0.15, 0.2) is 5.69 Å². The SMILES string of the molecule is Cc1cc(CNC(=O)c2nc3n(c(=O)c2O)CCOC3(C)C)cs1. The van der Waals surface area contributed by atoms with Crippen molar-refractivity contribution in [2.75, 3.05) is 6.61 Å². The topological polar surface area (TPSA) is 93.5 Å². The molecular formula is C16H19N3O4S. The Bertz CT molecular complexity index is 853. The van der Waals surface area contributed by atoms with Gasteiger partial charge in [0, 0.05) is 11.4 Å². The van der Waals surface area contributed by atoms with Gasteiger partial charge in [0.25, 0.3) is 11.5 Å². The molecule has 2 aromatic heterocycles. The van der Waals surface area contributed by atoms with E-state index in [0.717, 1.165) is 10.4 Å². The number of amides is 1. The number of nitrogens with zero attached hydrogens (tertiary/aromatic N) is 2. The maximum atomic E-state index is 12.4. The fourth-order valence-electron chi connectivity index (χ4n) is 2.68. The highest BCUT2D eigenvalue weighted by Crippen LogP contribution is 2.27. The summed E-state index contributed by atoms with van der Waals surface area (Å²) in [7, 11) is 0. The van der Waals surface area contributed by atoms with Crippen LogP contribution < -0.4 is 10.9 Å². The second-order valence-corrected chi connectivity index (χ2v) is 7.31. The Morgan fingerprint density at radius 1 is 1.54 bits per heavy atom. The van der Waals surface area contributed by atoms with Gasteiger partial charge in [-0.25, -0.2) is 4.98 Å². The second-order valence-electron chi connectivity index (χ2n) is 6.20. The van der Waals surface area contributed by atoms with Crippen LogP contribution in [0.5, 0.6) is 5.75 Å². The summed E-state index contributed by atoms with van der Waals surface area (Å²) in [4.78, 5) is 30.1. The van der Waals surface area contributed by atoms with Gasteiger partial charge >= 0.3 is 0 Å². The van der Waals surface area contributed by atoms with Crippen LogP contribution in [0.15, 0.2) is 16.2 Å². The van der Waals surface area contributed by atoms with Crippen LogP contribution in [0.1, 0.15) is 40.6 Å². The van der Waals surface area contributed by atoms with E-state index in [-0.39, 0.29) is 5.69 Å². The molecule has 1 aliphatic rings. The Morgan fingerprint density at radius 3 is 2.96 bits per heavy atom. The standard InChI is InChI=1S/C16H19N3O4S/c1-9-6-10(8-24-9)7-17-13(21)11-12(20)14(22)19-4-5-23-16(2,3)15(19)18-11/h6,8,20H,4-5,7H2,1-3H3,(H,17,21). The van der Waals surface area contributed by atoms with E-state index in [4.69, 9.17) is 4.74 Å². The van der Waals surface area contributed by atoms with Crippen LogP contribution in [0.3, 0.4) is 0 Å². The number of aromatic nitrogens is 2. The summed E-state index contributed by atoms with van der Waals surface area (Å²) in [6, 6.07) is 1.97. The molecule has 0 radical (unpaired) electrons. The lowest BCUT2D eigenvalue weighted by molar-refractivity contribution is -0.0566. The third-order valence-electron chi connectivity index (χ3n) is 3.91. The average molecular weight is 349 g/mol. The summed E-state index contributed by atoms with van der Waals surface area (Å²) in [5.41, 5.74) is -0.724. The first-order valence-electron chi connectivity index (χ1n) is 7.60. The zero-order valence-corrected chi connectivity index (χ0v) is 14.6. The molecule has 0 atom stereocenters. The predicted octanol–water partition coefficient (Wildman–Crippen LogP) is 1.51. The van der Waals surface area contributed by atoms with E-state index < -0.39 is 22.8 Å². The van der Waals surface area contributed by atoms with Gasteiger partial charge in [0.2, 0.25) is 5.75 Å². The number of aromatic hydroxyl groups is 1. The van der Waals surface area contributed by atoms with Crippen molar-refractivity contribution in [3.05, 3.63) is 43.8 Å². The third kappa shape index (κ3) is 2.94. The van der Waals surface area contributed by atoms with Gasteiger partial charge in [0.05, 0.1) is 13.2 Å². The van der Waals surface area contributed by atoms with Crippen LogP contribution in [-0.2, 0) is 23.4 Å². The highest BCUT2D eigenvalue weighted by molar-refractivity contribution is 7.10. The summed E-state index contributed by atoms with van der Waals surface area (Å²) >= 11 is 1.59. The lowest BCUT2D eigenvalue weighted by Crippen LogP contribution is -2.42. The number of hydrogen-bond donors (Lipinski definition) is 2. The van der Waals surface area contributed by atoms with Crippen molar-refractivity contribution in [2.45, 2.75) is 39.5 Å². The van der Waals surface area contributed by atoms with Gasteiger partial charge in [-0.15, -0.1) is 11.3 Å². The minimum Gasteiger partial charge on any atom is -0.501 e. The molecule has 1 amide bonds. The zero-order valence-electron chi connectivity index (χ0n) is 13.8. The van der Waals surface area contributed by atoms with Crippen molar-refractivity contribution in [3.8, 4) is 5.75 Å². The van der Waals surface area contributed by atoms with Crippen LogP contribution in [-0.4, -0.2) is 27.2 Å². The van der Waals surface area contributed by atoms with Gasteiger partial charge in [-0.1, -0.05) is 0 Å². The number of hydrogen-bond acceptors (Lipinski definition) is 6. The van der Waals surface area contributed by atoms with E-state index in [9.17, 15) is 14.7 Å². The van der Waals surface area contributed by atoms with Crippen LogP contribution in [0.25, 0.3) is 0 Å². The summed E-state index contributed by atoms with van der Waals surface area (Å²) in [6.45, 7) is 6.49. The van der Waals surface area contributed by atoms with Crippen molar-refractivity contribution in [3.63, 3.8) is 0 Å². The molecule has 128 valence electrons. The third-order valence-corrected chi connectivity index (χ3v) is 4.82. The van der Waals surface area contributed by atoms with Crippen LogP contribution >= 0.6 is 11.3 Å².